The summed E-state index contributed by atoms with van der Waals surface area (Å²) in [6, 6.07) is 0. The number of unbranched alkanes of at least 4 members (excludes halogenated alkanes) is 9. The Morgan fingerprint density at radius 1 is 0.842 bits per heavy atom. The van der Waals surface area contributed by atoms with Crippen molar-refractivity contribution in [3.63, 3.8) is 0 Å². The Morgan fingerprint density at radius 2 is 1.37 bits per heavy atom. The average molecular weight is 269 g/mol. The second kappa shape index (κ2) is 15.7. The Labute approximate surface area is 120 Å². The van der Waals surface area contributed by atoms with Crippen molar-refractivity contribution in [1.29, 1.82) is 0 Å². The third-order valence-electron chi connectivity index (χ3n) is 3.63. The van der Waals surface area contributed by atoms with E-state index in [2.05, 4.69) is 18.4 Å². The molecule has 0 atom stereocenters. The SMILES string of the molecule is C=CCN(CCO)CCCCCCCCCCCC. The van der Waals surface area contributed by atoms with Gasteiger partial charge in [0.1, 0.15) is 0 Å². The van der Waals surface area contributed by atoms with Crippen LogP contribution >= 0.6 is 0 Å². The lowest BCUT2D eigenvalue weighted by molar-refractivity contribution is 0.206. The smallest absolute Gasteiger partial charge is 0.0558 e. The van der Waals surface area contributed by atoms with Gasteiger partial charge in [-0.2, -0.15) is 0 Å². The van der Waals surface area contributed by atoms with E-state index in [0.29, 0.717) is 0 Å². The zero-order valence-corrected chi connectivity index (χ0v) is 13.1. The molecule has 0 aliphatic carbocycles. The fraction of sp³-hybridized carbons (Fsp3) is 0.882. The van der Waals surface area contributed by atoms with Gasteiger partial charge in [-0.15, -0.1) is 6.58 Å². The Morgan fingerprint density at radius 3 is 1.84 bits per heavy atom. The van der Waals surface area contributed by atoms with E-state index in [1.807, 2.05) is 6.08 Å². The highest BCUT2D eigenvalue weighted by Gasteiger charge is 2.01. The van der Waals surface area contributed by atoms with Crippen LogP contribution in [0.15, 0.2) is 12.7 Å². The molecular formula is C17H35NO. The predicted molar refractivity (Wildman–Crippen MR) is 85.6 cm³/mol. The van der Waals surface area contributed by atoms with Gasteiger partial charge >= 0.3 is 0 Å². The van der Waals surface area contributed by atoms with Crippen LogP contribution in [-0.4, -0.2) is 36.2 Å². The number of hydrogen-bond donors (Lipinski definition) is 1. The molecule has 19 heavy (non-hydrogen) atoms. The third kappa shape index (κ3) is 13.9. The lowest BCUT2D eigenvalue weighted by Crippen LogP contribution is -2.28. The van der Waals surface area contributed by atoms with Crippen LogP contribution in [0.3, 0.4) is 0 Å². The van der Waals surface area contributed by atoms with Crippen molar-refractivity contribution in [2.24, 2.45) is 0 Å². The maximum Gasteiger partial charge on any atom is 0.0558 e. The molecule has 0 fully saturated rings. The summed E-state index contributed by atoms with van der Waals surface area (Å²) in [4.78, 5) is 2.28. The lowest BCUT2D eigenvalue weighted by atomic mass is 10.1. The molecule has 0 saturated carbocycles. The molecule has 2 heteroatoms. The minimum atomic E-state index is 0.256. The first-order valence-electron chi connectivity index (χ1n) is 8.29. The Hall–Kier alpha value is -0.340. The van der Waals surface area contributed by atoms with Gasteiger partial charge in [-0.05, 0) is 13.0 Å². The van der Waals surface area contributed by atoms with Gasteiger partial charge in [0.25, 0.3) is 0 Å². The van der Waals surface area contributed by atoms with Crippen LogP contribution in [0.2, 0.25) is 0 Å². The summed E-state index contributed by atoms with van der Waals surface area (Å²) < 4.78 is 0. The molecule has 0 aromatic heterocycles. The van der Waals surface area contributed by atoms with Crippen LogP contribution in [-0.2, 0) is 0 Å². The second-order valence-electron chi connectivity index (χ2n) is 5.49. The van der Waals surface area contributed by atoms with Gasteiger partial charge in [-0.3, -0.25) is 4.90 Å². The summed E-state index contributed by atoms with van der Waals surface area (Å²) in [6.07, 6.45) is 15.7. The summed E-state index contributed by atoms with van der Waals surface area (Å²) in [5, 5.41) is 8.95. The average Bonchev–Trinajstić information content (AvgIpc) is 2.41. The molecule has 0 amide bonds. The Kier molecular flexibility index (Phi) is 15.4. The predicted octanol–water partition coefficient (Wildman–Crippen LogP) is 4.39. The highest BCUT2D eigenvalue weighted by molar-refractivity contribution is 4.73. The van der Waals surface area contributed by atoms with Crippen LogP contribution < -0.4 is 0 Å². The molecule has 0 spiro atoms. The van der Waals surface area contributed by atoms with E-state index in [1.54, 1.807) is 0 Å². The largest absolute Gasteiger partial charge is 0.395 e. The number of aliphatic hydroxyl groups excluding tert-OH is 1. The van der Waals surface area contributed by atoms with Crippen LogP contribution in [0.1, 0.15) is 71.1 Å². The number of nitrogens with zero attached hydrogens (tertiary/aromatic N) is 1. The quantitative estimate of drug-likeness (QED) is 0.352. The summed E-state index contributed by atoms with van der Waals surface area (Å²) >= 11 is 0. The topological polar surface area (TPSA) is 23.5 Å². The Balaban J connectivity index is 3.22. The van der Waals surface area contributed by atoms with E-state index < -0.39 is 0 Å². The van der Waals surface area contributed by atoms with E-state index in [4.69, 9.17) is 5.11 Å². The van der Waals surface area contributed by atoms with Gasteiger partial charge in [-0.1, -0.05) is 70.8 Å². The number of hydrogen-bond acceptors (Lipinski definition) is 2. The fourth-order valence-electron chi connectivity index (χ4n) is 2.44. The molecule has 0 aromatic rings. The summed E-state index contributed by atoms with van der Waals surface area (Å²) in [6.45, 7) is 9.07. The molecule has 2 nitrogen and oxygen atoms in total. The maximum atomic E-state index is 8.95. The van der Waals surface area contributed by atoms with E-state index in [1.165, 1.54) is 64.2 Å². The van der Waals surface area contributed by atoms with Crippen LogP contribution in [0.4, 0.5) is 0 Å². The molecule has 0 aliphatic rings. The van der Waals surface area contributed by atoms with E-state index in [0.717, 1.165) is 19.6 Å². The molecule has 0 unspecified atom stereocenters. The number of rotatable bonds is 15. The first kappa shape index (κ1) is 18.7. The molecule has 0 radical (unpaired) electrons. The van der Waals surface area contributed by atoms with Gasteiger partial charge in [0.15, 0.2) is 0 Å². The van der Waals surface area contributed by atoms with Gasteiger partial charge in [-0.25, -0.2) is 0 Å². The summed E-state index contributed by atoms with van der Waals surface area (Å²) in [5.74, 6) is 0. The molecule has 1 N–H and O–H groups in total. The highest BCUT2D eigenvalue weighted by Crippen LogP contribution is 2.10. The molecular weight excluding hydrogens is 234 g/mol. The zero-order valence-electron chi connectivity index (χ0n) is 13.1. The Bertz CT molecular complexity index is 182. The van der Waals surface area contributed by atoms with Gasteiger partial charge in [0, 0.05) is 13.1 Å². The highest BCUT2D eigenvalue weighted by atomic mass is 16.3. The van der Waals surface area contributed by atoms with Crippen molar-refractivity contribution < 1.29 is 5.11 Å². The van der Waals surface area contributed by atoms with Crippen molar-refractivity contribution in [3.05, 3.63) is 12.7 Å². The minimum Gasteiger partial charge on any atom is -0.395 e. The van der Waals surface area contributed by atoms with Crippen molar-refractivity contribution in [2.45, 2.75) is 71.1 Å². The van der Waals surface area contributed by atoms with Crippen LogP contribution in [0, 0.1) is 0 Å². The second-order valence-corrected chi connectivity index (χ2v) is 5.49. The molecule has 0 saturated heterocycles. The summed E-state index contributed by atoms with van der Waals surface area (Å²) in [7, 11) is 0. The van der Waals surface area contributed by atoms with Gasteiger partial charge in [0.05, 0.1) is 6.61 Å². The molecule has 0 aromatic carbocycles. The first-order chi connectivity index (χ1) is 9.35. The minimum absolute atomic E-state index is 0.256. The maximum absolute atomic E-state index is 8.95. The molecule has 114 valence electrons. The van der Waals surface area contributed by atoms with Gasteiger partial charge in [0.2, 0.25) is 0 Å². The van der Waals surface area contributed by atoms with E-state index in [-0.39, 0.29) is 6.61 Å². The van der Waals surface area contributed by atoms with Crippen molar-refractivity contribution in [3.8, 4) is 0 Å². The molecule has 0 heterocycles. The van der Waals surface area contributed by atoms with Crippen molar-refractivity contribution in [1.82, 2.24) is 4.90 Å². The van der Waals surface area contributed by atoms with Crippen LogP contribution in [0.25, 0.3) is 0 Å². The first-order valence-corrected chi connectivity index (χ1v) is 8.29. The third-order valence-corrected chi connectivity index (χ3v) is 3.63. The van der Waals surface area contributed by atoms with E-state index >= 15 is 0 Å². The zero-order chi connectivity index (χ0) is 14.2. The monoisotopic (exact) mass is 269 g/mol. The standard InChI is InChI=1S/C17H35NO/c1-3-5-6-7-8-9-10-11-12-13-15-18(14-4-2)16-17-19/h4,19H,2-3,5-17H2,1H3. The normalized spacial score (nSPS) is 11.1. The van der Waals surface area contributed by atoms with Crippen LogP contribution in [0.5, 0.6) is 0 Å². The fourth-order valence-corrected chi connectivity index (χ4v) is 2.44. The lowest BCUT2D eigenvalue weighted by Gasteiger charge is -2.18. The molecule has 0 aliphatic heterocycles. The van der Waals surface area contributed by atoms with Crippen molar-refractivity contribution >= 4 is 0 Å². The summed E-state index contributed by atoms with van der Waals surface area (Å²) in [5.41, 5.74) is 0. The number of aliphatic hydroxyl groups is 1. The molecule has 0 bridgehead atoms. The van der Waals surface area contributed by atoms with Crippen molar-refractivity contribution in [2.75, 3.05) is 26.2 Å². The van der Waals surface area contributed by atoms with E-state index in [9.17, 15) is 0 Å². The molecule has 0 rings (SSSR count). The van der Waals surface area contributed by atoms with Gasteiger partial charge < -0.3 is 5.11 Å².